The summed E-state index contributed by atoms with van der Waals surface area (Å²) in [6.07, 6.45) is 3.08. The molecular formula is C4H7BrZn. The van der Waals surface area contributed by atoms with Crippen molar-refractivity contribution in [3.63, 3.8) is 0 Å². The number of hydrogen-bond donors (Lipinski definition) is 0. The van der Waals surface area contributed by atoms with Crippen molar-refractivity contribution in [2.45, 2.75) is 17.9 Å². The first-order valence-corrected chi connectivity index (χ1v) is 4.32. The summed E-state index contributed by atoms with van der Waals surface area (Å²) in [4.78, 5) is 0. The van der Waals surface area contributed by atoms with Gasteiger partial charge >= 0.3 is 42.1 Å². The van der Waals surface area contributed by atoms with E-state index >= 15 is 0 Å². The molecule has 0 aromatic heterocycles. The molecule has 0 aromatic carbocycles. The van der Waals surface area contributed by atoms with Crippen LogP contribution in [0.1, 0.15) is 12.8 Å². The van der Waals surface area contributed by atoms with Gasteiger partial charge in [0.2, 0.25) is 0 Å². The van der Waals surface area contributed by atoms with Crippen LogP contribution in [0.15, 0.2) is 0 Å². The van der Waals surface area contributed by atoms with Crippen LogP contribution in [0.3, 0.4) is 0 Å². The van der Waals surface area contributed by atoms with Gasteiger partial charge in [0, 0.05) is 0 Å². The van der Waals surface area contributed by atoms with Crippen molar-refractivity contribution in [2.24, 2.45) is 5.92 Å². The zero-order chi connectivity index (χ0) is 3.70. The standard InChI is InChI=1S/C4H7.BrH.Zn/c1-4-2-3-4;;/h4H,1-3H2;1H;/q;;+1/p-1. The molecule has 0 nitrogen and oxygen atoms in total. The topological polar surface area (TPSA) is 0 Å². The summed E-state index contributed by atoms with van der Waals surface area (Å²) in [7, 11) is 0. The van der Waals surface area contributed by atoms with E-state index in [4.69, 9.17) is 0 Å². The second kappa shape index (κ2) is 3.15. The molecule has 0 spiro atoms. The SMILES string of the molecule is [Br-].[Zn+][CH2]C1CC1. The molecular weight excluding hydrogens is 193 g/mol. The van der Waals surface area contributed by atoms with Gasteiger partial charge in [0.05, 0.1) is 0 Å². The van der Waals surface area contributed by atoms with Crippen molar-refractivity contribution in [3.8, 4) is 0 Å². The quantitative estimate of drug-likeness (QED) is 0.446. The Kier molecular flexibility index (Phi) is 3.73. The van der Waals surface area contributed by atoms with Gasteiger partial charge in [-0.15, -0.1) is 0 Å². The van der Waals surface area contributed by atoms with E-state index < -0.39 is 0 Å². The van der Waals surface area contributed by atoms with Crippen molar-refractivity contribution < 1.29 is 35.3 Å². The predicted octanol–water partition coefficient (Wildman–Crippen LogP) is -1.63. The van der Waals surface area contributed by atoms with Crippen LogP contribution in [0.25, 0.3) is 0 Å². The molecule has 0 aliphatic heterocycles. The minimum atomic E-state index is 0. The van der Waals surface area contributed by atoms with Gasteiger partial charge in [0.15, 0.2) is 0 Å². The third-order valence-corrected chi connectivity index (χ3v) is 2.82. The molecule has 0 unspecified atom stereocenters. The molecule has 1 fully saturated rings. The zero-order valence-corrected chi connectivity index (χ0v) is 8.34. The Morgan fingerprint density at radius 1 is 1.50 bits per heavy atom. The van der Waals surface area contributed by atoms with E-state index in [2.05, 4.69) is 0 Å². The van der Waals surface area contributed by atoms with Gasteiger partial charge in [0.25, 0.3) is 0 Å². The van der Waals surface area contributed by atoms with Crippen LogP contribution < -0.4 is 17.0 Å². The molecule has 2 heteroatoms. The fraction of sp³-hybridized carbons (Fsp3) is 1.00. The molecule has 6 heavy (non-hydrogen) atoms. The zero-order valence-electron chi connectivity index (χ0n) is 3.78. The van der Waals surface area contributed by atoms with E-state index in [1.807, 2.05) is 0 Å². The summed E-state index contributed by atoms with van der Waals surface area (Å²) >= 11 is 1.52. The molecule has 0 atom stereocenters. The van der Waals surface area contributed by atoms with E-state index in [0.717, 1.165) is 0 Å². The summed E-state index contributed by atoms with van der Waals surface area (Å²) in [5, 5.41) is 1.54. The van der Waals surface area contributed by atoms with Crippen LogP contribution in [0.2, 0.25) is 5.02 Å². The average molecular weight is 200 g/mol. The normalized spacial score (nSPS) is 19.7. The molecule has 1 aliphatic rings. The number of halogens is 1. The summed E-state index contributed by atoms with van der Waals surface area (Å²) < 4.78 is 0. The van der Waals surface area contributed by atoms with Crippen molar-refractivity contribution in [1.82, 2.24) is 0 Å². The predicted molar refractivity (Wildman–Crippen MR) is 17.5 cm³/mol. The molecule has 0 N–H and O–H groups in total. The monoisotopic (exact) mass is 198 g/mol. The number of hydrogen-bond acceptors (Lipinski definition) is 0. The first-order valence-electron chi connectivity index (χ1n) is 2.22. The summed E-state index contributed by atoms with van der Waals surface area (Å²) in [5.74, 6) is 1.19. The molecule has 1 aliphatic carbocycles. The van der Waals surface area contributed by atoms with E-state index in [-0.39, 0.29) is 17.0 Å². The maximum atomic E-state index is 1.54. The average Bonchev–Trinajstić information content (AvgIpc) is 2.12. The van der Waals surface area contributed by atoms with Gasteiger partial charge in [-0.3, -0.25) is 0 Å². The molecule has 1 rings (SSSR count). The van der Waals surface area contributed by atoms with Crippen molar-refractivity contribution in [2.75, 3.05) is 0 Å². The second-order valence-corrected chi connectivity index (χ2v) is 2.94. The van der Waals surface area contributed by atoms with E-state index in [9.17, 15) is 0 Å². The Bertz CT molecular complexity index is 34.5. The molecule has 0 radical (unpaired) electrons. The molecule has 32 valence electrons. The summed E-state index contributed by atoms with van der Waals surface area (Å²) in [5.41, 5.74) is 0. The van der Waals surface area contributed by atoms with Crippen LogP contribution in [0.4, 0.5) is 0 Å². The maximum absolute atomic E-state index is 1.54. The molecule has 1 saturated carbocycles. The first-order chi connectivity index (χ1) is 2.43. The van der Waals surface area contributed by atoms with Gasteiger partial charge < -0.3 is 17.0 Å². The van der Waals surface area contributed by atoms with Crippen molar-refractivity contribution in [3.05, 3.63) is 0 Å². The second-order valence-electron chi connectivity index (χ2n) is 1.73. The summed E-state index contributed by atoms with van der Waals surface area (Å²) in [6, 6.07) is 0. The van der Waals surface area contributed by atoms with E-state index in [0.29, 0.717) is 0 Å². The van der Waals surface area contributed by atoms with E-state index in [1.165, 1.54) is 24.2 Å². The van der Waals surface area contributed by atoms with Crippen LogP contribution in [0, 0.1) is 5.92 Å². The fourth-order valence-corrected chi connectivity index (χ4v) is 1.62. The Labute approximate surface area is 59.1 Å². The third kappa shape index (κ3) is 2.31. The Morgan fingerprint density at radius 3 is 2.00 bits per heavy atom. The van der Waals surface area contributed by atoms with Crippen molar-refractivity contribution in [1.29, 1.82) is 0 Å². The Morgan fingerprint density at radius 2 is 2.00 bits per heavy atom. The molecule has 0 saturated heterocycles. The number of rotatable bonds is 1. The molecule has 0 heterocycles. The minimum absolute atomic E-state index is 0. The Balaban J connectivity index is 0.000000250. The van der Waals surface area contributed by atoms with Gasteiger partial charge in [-0.1, -0.05) is 0 Å². The van der Waals surface area contributed by atoms with Crippen LogP contribution >= 0.6 is 0 Å². The van der Waals surface area contributed by atoms with Crippen LogP contribution in [0.5, 0.6) is 0 Å². The van der Waals surface area contributed by atoms with Gasteiger partial charge in [-0.05, 0) is 0 Å². The first kappa shape index (κ1) is 7.10. The van der Waals surface area contributed by atoms with Gasteiger partial charge in [-0.2, -0.15) is 0 Å². The van der Waals surface area contributed by atoms with Crippen LogP contribution in [-0.4, -0.2) is 0 Å². The summed E-state index contributed by atoms with van der Waals surface area (Å²) in [6.45, 7) is 0. The van der Waals surface area contributed by atoms with Crippen molar-refractivity contribution >= 4 is 0 Å². The van der Waals surface area contributed by atoms with Gasteiger partial charge in [0.1, 0.15) is 0 Å². The molecule has 0 aromatic rings. The van der Waals surface area contributed by atoms with Crippen LogP contribution in [-0.2, 0) is 18.3 Å². The van der Waals surface area contributed by atoms with E-state index in [1.54, 1.807) is 17.9 Å². The Hall–Kier alpha value is 1.10. The van der Waals surface area contributed by atoms with Gasteiger partial charge in [-0.25, -0.2) is 0 Å². The third-order valence-electron chi connectivity index (χ3n) is 1.11. The molecule has 0 bridgehead atoms. The fourth-order valence-electron chi connectivity index (χ4n) is 0.407. The molecule has 0 amide bonds.